The molecule has 3 rings (SSSR count). The fraction of sp³-hybridized carbons (Fsp3) is 0.333. The number of benzene rings is 1. The van der Waals surface area contributed by atoms with Crippen molar-refractivity contribution in [3.8, 4) is 5.69 Å². The standard InChI is InChI=1S/C15H12ClF3N2O3S/c1-20-11(15(17,18)19)7-12(22)21(14(20)23)8-2-3-10(16)9(6-8)13-24-4-5-25-13/h2-3,6-7,13H,4-5H2,1H3. The summed E-state index contributed by atoms with van der Waals surface area (Å²) in [5.74, 6) is 0.771. The van der Waals surface area contributed by atoms with Gasteiger partial charge in [0.2, 0.25) is 0 Å². The van der Waals surface area contributed by atoms with Gasteiger partial charge in [0.25, 0.3) is 5.56 Å². The van der Waals surface area contributed by atoms with Gasteiger partial charge in [-0.15, -0.1) is 11.8 Å². The number of hydrogen-bond donors (Lipinski definition) is 0. The molecule has 1 aromatic heterocycles. The van der Waals surface area contributed by atoms with Crippen molar-refractivity contribution in [2.75, 3.05) is 12.4 Å². The van der Waals surface area contributed by atoms with Crippen LogP contribution in [0.25, 0.3) is 5.69 Å². The molecular weight excluding hydrogens is 381 g/mol. The number of aromatic nitrogens is 2. The van der Waals surface area contributed by atoms with E-state index in [1.54, 1.807) is 0 Å². The van der Waals surface area contributed by atoms with Gasteiger partial charge in [-0.05, 0) is 18.2 Å². The Kier molecular flexibility index (Phi) is 4.74. The molecular formula is C15H12ClF3N2O3S. The molecule has 1 unspecified atom stereocenters. The van der Waals surface area contributed by atoms with E-state index < -0.39 is 23.1 Å². The fourth-order valence-corrected chi connectivity index (χ4v) is 3.78. The minimum absolute atomic E-state index is 0.134. The first-order valence-corrected chi connectivity index (χ1v) is 8.56. The monoisotopic (exact) mass is 392 g/mol. The van der Waals surface area contributed by atoms with Crippen LogP contribution in [0.5, 0.6) is 0 Å². The zero-order valence-electron chi connectivity index (χ0n) is 12.8. The van der Waals surface area contributed by atoms with E-state index in [4.69, 9.17) is 16.3 Å². The van der Waals surface area contributed by atoms with Crippen molar-refractivity contribution in [1.82, 2.24) is 9.13 Å². The summed E-state index contributed by atoms with van der Waals surface area (Å²) in [6, 6.07) is 4.78. The summed E-state index contributed by atoms with van der Waals surface area (Å²) in [7, 11) is 0.966. The summed E-state index contributed by atoms with van der Waals surface area (Å²) in [6.45, 7) is 0.540. The minimum Gasteiger partial charge on any atom is -0.362 e. The first-order chi connectivity index (χ1) is 11.7. The van der Waals surface area contributed by atoms with Gasteiger partial charge in [0.15, 0.2) is 0 Å². The topological polar surface area (TPSA) is 53.2 Å². The molecule has 0 N–H and O–H groups in total. The summed E-state index contributed by atoms with van der Waals surface area (Å²) in [5, 5.41) is 0.389. The van der Waals surface area contributed by atoms with Gasteiger partial charge in [-0.1, -0.05) is 11.6 Å². The van der Waals surface area contributed by atoms with Gasteiger partial charge in [-0.2, -0.15) is 13.2 Å². The number of ether oxygens (including phenoxy) is 1. The molecule has 2 aromatic rings. The second kappa shape index (κ2) is 6.54. The number of alkyl halides is 3. The first kappa shape index (κ1) is 18.1. The van der Waals surface area contributed by atoms with Gasteiger partial charge in [0.1, 0.15) is 11.1 Å². The molecule has 1 fully saturated rings. The molecule has 5 nitrogen and oxygen atoms in total. The normalized spacial score (nSPS) is 17.9. The molecule has 0 spiro atoms. The molecule has 0 radical (unpaired) electrons. The van der Waals surface area contributed by atoms with Crippen LogP contribution < -0.4 is 11.2 Å². The molecule has 1 saturated heterocycles. The lowest BCUT2D eigenvalue weighted by Crippen LogP contribution is -2.40. The van der Waals surface area contributed by atoms with Crippen LogP contribution in [0, 0.1) is 0 Å². The van der Waals surface area contributed by atoms with Crippen molar-refractivity contribution in [3.63, 3.8) is 0 Å². The first-order valence-electron chi connectivity index (χ1n) is 7.13. The number of thioether (sulfide) groups is 1. The van der Waals surface area contributed by atoms with Crippen molar-refractivity contribution >= 4 is 23.4 Å². The van der Waals surface area contributed by atoms with Crippen molar-refractivity contribution in [2.24, 2.45) is 7.05 Å². The van der Waals surface area contributed by atoms with Crippen LogP contribution in [0.2, 0.25) is 5.02 Å². The third-order valence-electron chi connectivity index (χ3n) is 3.72. The average molecular weight is 393 g/mol. The average Bonchev–Trinajstić information content (AvgIpc) is 3.05. The Hall–Kier alpha value is -1.71. The smallest absolute Gasteiger partial charge is 0.362 e. The van der Waals surface area contributed by atoms with Crippen molar-refractivity contribution in [3.05, 3.63) is 61.4 Å². The van der Waals surface area contributed by atoms with E-state index in [-0.39, 0.29) is 11.1 Å². The van der Waals surface area contributed by atoms with Crippen molar-refractivity contribution in [2.45, 2.75) is 11.6 Å². The van der Waals surface area contributed by atoms with Gasteiger partial charge in [0.05, 0.1) is 12.3 Å². The molecule has 0 amide bonds. The summed E-state index contributed by atoms with van der Waals surface area (Å²) in [5.41, 5.74) is -3.11. The van der Waals surface area contributed by atoms with Crippen LogP contribution in [0.3, 0.4) is 0 Å². The van der Waals surface area contributed by atoms with E-state index in [0.717, 1.165) is 12.8 Å². The van der Waals surface area contributed by atoms with Crippen LogP contribution in [-0.2, 0) is 18.0 Å². The predicted octanol–water partition coefficient (Wildman–Crippen LogP) is 2.97. The Balaban J connectivity index is 2.18. The van der Waals surface area contributed by atoms with Gasteiger partial charge in [-0.3, -0.25) is 9.36 Å². The quantitative estimate of drug-likeness (QED) is 0.788. The van der Waals surface area contributed by atoms with Gasteiger partial charge < -0.3 is 4.74 Å². The summed E-state index contributed by atoms with van der Waals surface area (Å²) < 4.78 is 45.4. The van der Waals surface area contributed by atoms with Crippen molar-refractivity contribution in [1.29, 1.82) is 0 Å². The third-order valence-corrected chi connectivity index (χ3v) is 5.16. The molecule has 2 heterocycles. The van der Waals surface area contributed by atoms with E-state index in [0.29, 0.717) is 32.4 Å². The van der Waals surface area contributed by atoms with E-state index in [1.807, 2.05) is 0 Å². The van der Waals surface area contributed by atoms with Crippen LogP contribution in [0.1, 0.15) is 16.7 Å². The maximum Gasteiger partial charge on any atom is 0.431 e. The molecule has 0 bridgehead atoms. The van der Waals surface area contributed by atoms with Crippen LogP contribution >= 0.6 is 23.4 Å². The molecule has 1 aliphatic rings. The molecule has 0 saturated carbocycles. The number of rotatable bonds is 2. The van der Waals surface area contributed by atoms with Crippen LogP contribution in [0.15, 0.2) is 33.9 Å². The van der Waals surface area contributed by atoms with Crippen molar-refractivity contribution < 1.29 is 17.9 Å². The lowest BCUT2D eigenvalue weighted by Gasteiger charge is -2.16. The Morgan fingerprint density at radius 1 is 1.28 bits per heavy atom. The Bertz CT molecular complexity index is 933. The highest BCUT2D eigenvalue weighted by Gasteiger charge is 2.35. The zero-order chi connectivity index (χ0) is 18.4. The molecule has 10 heteroatoms. The lowest BCUT2D eigenvalue weighted by molar-refractivity contribution is -0.144. The van der Waals surface area contributed by atoms with Gasteiger partial charge in [0, 0.05) is 29.5 Å². The van der Waals surface area contributed by atoms with E-state index in [1.165, 1.54) is 30.0 Å². The maximum absolute atomic E-state index is 12.9. The highest BCUT2D eigenvalue weighted by atomic mass is 35.5. The maximum atomic E-state index is 12.9. The minimum atomic E-state index is -4.80. The summed E-state index contributed by atoms with van der Waals surface area (Å²) in [6.07, 6.45) is -4.80. The molecule has 134 valence electrons. The zero-order valence-corrected chi connectivity index (χ0v) is 14.4. The van der Waals surface area contributed by atoms with E-state index >= 15 is 0 Å². The molecule has 1 atom stereocenters. The van der Waals surface area contributed by atoms with E-state index in [2.05, 4.69) is 0 Å². The second-order valence-corrected chi connectivity index (χ2v) is 6.90. The highest BCUT2D eigenvalue weighted by molar-refractivity contribution is 7.99. The molecule has 0 aliphatic carbocycles. The van der Waals surface area contributed by atoms with Gasteiger partial charge >= 0.3 is 11.9 Å². The number of hydrogen-bond acceptors (Lipinski definition) is 4. The molecule has 25 heavy (non-hydrogen) atoms. The third kappa shape index (κ3) is 3.36. The summed E-state index contributed by atoms with van der Waals surface area (Å²) in [4.78, 5) is 24.5. The molecule has 1 aromatic carbocycles. The SMILES string of the molecule is Cn1c(C(F)(F)F)cc(=O)n(-c2ccc(Cl)c(C3OCCS3)c2)c1=O. The highest BCUT2D eigenvalue weighted by Crippen LogP contribution is 2.39. The molecule has 1 aliphatic heterocycles. The predicted molar refractivity (Wildman–Crippen MR) is 88.4 cm³/mol. The van der Waals surface area contributed by atoms with Crippen LogP contribution in [0.4, 0.5) is 13.2 Å². The number of halogens is 4. The van der Waals surface area contributed by atoms with Crippen LogP contribution in [-0.4, -0.2) is 21.5 Å². The van der Waals surface area contributed by atoms with E-state index in [9.17, 15) is 22.8 Å². The fourth-order valence-electron chi connectivity index (χ4n) is 2.52. The summed E-state index contributed by atoms with van der Waals surface area (Å²) >= 11 is 7.65. The largest absolute Gasteiger partial charge is 0.431 e. The Morgan fingerprint density at radius 3 is 2.60 bits per heavy atom. The number of nitrogens with zero attached hydrogens (tertiary/aromatic N) is 2. The second-order valence-electron chi connectivity index (χ2n) is 5.32. The Morgan fingerprint density at radius 2 is 2.00 bits per heavy atom. The lowest BCUT2D eigenvalue weighted by atomic mass is 10.2. The van der Waals surface area contributed by atoms with Gasteiger partial charge in [-0.25, -0.2) is 9.36 Å². The Labute approximate surface area is 149 Å².